The van der Waals surface area contributed by atoms with E-state index in [4.69, 9.17) is 11.6 Å². The molecule has 0 saturated carbocycles. The fourth-order valence-corrected chi connectivity index (χ4v) is 4.59. The van der Waals surface area contributed by atoms with Crippen molar-refractivity contribution < 1.29 is 18.3 Å². The zero-order valence-electron chi connectivity index (χ0n) is 13.6. The van der Waals surface area contributed by atoms with Gasteiger partial charge < -0.3 is 15.7 Å². The van der Waals surface area contributed by atoms with Crippen molar-refractivity contribution in [3.63, 3.8) is 0 Å². The molecule has 2 atom stereocenters. The third-order valence-corrected chi connectivity index (χ3v) is 6.48. The number of carbonyl (C=O) groups is 1. The number of amides is 1. The minimum atomic E-state index is -3.72. The van der Waals surface area contributed by atoms with Crippen molar-refractivity contribution in [3.8, 4) is 0 Å². The number of nitrogens with one attached hydrogen (secondary N) is 2. The second-order valence-electron chi connectivity index (χ2n) is 5.57. The molecule has 1 aliphatic rings. The third kappa shape index (κ3) is 4.07. The van der Waals surface area contributed by atoms with E-state index in [2.05, 4.69) is 10.6 Å². The molecule has 2 rings (SSSR count). The summed E-state index contributed by atoms with van der Waals surface area (Å²) < 4.78 is 26.6. The molecule has 0 aliphatic carbocycles. The Labute approximate surface area is 147 Å². The van der Waals surface area contributed by atoms with Gasteiger partial charge in [0.2, 0.25) is 15.9 Å². The van der Waals surface area contributed by atoms with E-state index in [1.165, 1.54) is 16.4 Å². The second-order valence-corrected chi connectivity index (χ2v) is 7.89. The van der Waals surface area contributed by atoms with Gasteiger partial charge in [0.15, 0.2) is 0 Å². The summed E-state index contributed by atoms with van der Waals surface area (Å²) in [4.78, 5) is 12.1. The summed E-state index contributed by atoms with van der Waals surface area (Å²) in [6.07, 6.45) is -0.228. The topological polar surface area (TPSA) is 98.7 Å². The Kier molecular flexibility index (Phi) is 6.22. The van der Waals surface area contributed by atoms with Gasteiger partial charge in [0.25, 0.3) is 0 Å². The maximum Gasteiger partial charge on any atom is 0.244 e. The molecular weight excluding hydrogens is 354 g/mol. The minimum Gasteiger partial charge on any atom is -0.392 e. The lowest BCUT2D eigenvalue weighted by Gasteiger charge is -2.20. The first-order chi connectivity index (χ1) is 11.3. The molecule has 1 heterocycles. The minimum absolute atomic E-state index is 0.0370. The van der Waals surface area contributed by atoms with Gasteiger partial charge in [-0.25, -0.2) is 8.42 Å². The van der Waals surface area contributed by atoms with Crippen molar-refractivity contribution in [2.75, 3.05) is 25.0 Å². The van der Waals surface area contributed by atoms with E-state index in [-0.39, 0.29) is 15.8 Å². The van der Waals surface area contributed by atoms with Gasteiger partial charge in [-0.3, -0.25) is 4.79 Å². The van der Waals surface area contributed by atoms with Gasteiger partial charge >= 0.3 is 0 Å². The summed E-state index contributed by atoms with van der Waals surface area (Å²) in [5, 5.41) is 15.1. The van der Waals surface area contributed by atoms with Crippen LogP contribution in [0, 0.1) is 0 Å². The second kappa shape index (κ2) is 7.79. The summed E-state index contributed by atoms with van der Waals surface area (Å²) in [6.45, 7) is 4.51. The number of sulfonamides is 1. The fourth-order valence-electron chi connectivity index (χ4n) is 2.63. The number of rotatable bonds is 6. The van der Waals surface area contributed by atoms with Gasteiger partial charge in [-0.05, 0) is 24.6 Å². The summed E-state index contributed by atoms with van der Waals surface area (Å²) in [5.74, 6) is -0.319. The Balaban J connectivity index is 2.24. The Hall–Kier alpha value is -1.19. The first kappa shape index (κ1) is 19.1. The number of aliphatic hydroxyl groups excluding tert-OH is 1. The van der Waals surface area contributed by atoms with Crippen LogP contribution in [-0.4, -0.2) is 55.5 Å². The molecule has 134 valence electrons. The number of benzene rings is 1. The van der Waals surface area contributed by atoms with E-state index in [1.54, 1.807) is 19.9 Å². The number of hydrogen-bond donors (Lipinski definition) is 3. The fraction of sp³-hybridized carbons (Fsp3) is 0.533. The van der Waals surface area contributed by atoms with Crippen molar-refractivity contribution in [2.24, 2.45) is 0 Å². The molecule has 9 heteroatoms. The van der Waals surface area contributed by atoms with Crippen molar-refractivity contribution in [1.29, 1.82) is 0 Å². The van der Waals surface area contributed by atoms with Crippen molar-refractivity contribution in [3.05, 3.63) is 23.2 Å². The van der Waals surface area contributed by atoms with Crippen LogP contribution in [0.5, 0.6) is 0 Å². The molecule has 1 saturated heterocycles. The maximum atomic E-state index is 12.6. The van der Waals surface area contributed by atoms with E-state index >= 15 is 0 Å². The SMILES string of the molecule is CCN(CC)S(=O)(=O)c1cc(NC(=O)C2CC(O)CN2)ccc1Cl. The van der Waals surface area contributed by atoms with Crippen LogP contribution in [0.1, 0.15) is 20.3 Å². The predicted octanol–water partition coefficient (Wildman–Crippen LogP) is 1.03. The summed E-state index contributed by atoms with van der Waals surface area (Å²) >= 11 is 6.06. The van der Waals surface area contributed by atoms with Crippen LogP contribution < -0.4 is 10.6 Å². The predicted molar refractivity (Wildman–Crippen MR) is 92.6 cm³/mol. The zero-order valence-corrected chi connectivity index (χ0v) is 15.2. The molecule has 2 unspecified atom stereocenters. The highest BCUT2D eigenvalue weighted by atomic mass is 35.5. The zero-order chi connectivity index (χ0) is 17.9. The molecule has 1 aliphatic heterocycles. The molecule has 1 aromatic carbocycles. The summed E-state index contributed by atoms with van der Waals surface area (Å²) in [6, 6.07) is 3.86. The van der Waals surface area contributed by atoms with Crippen LogP contribution >= 0.6 is 11.6 Å². The number of carbonyl (C=O) groups excluding carboxylic acids is 1. The molecule has 24 heavy (non-hydrogen) atoms. The lowest BCUT2D eigenvalue weighted by Crippen LogP contribution is -2.35. The van der Waals surface area contributed by atoms with Gasteiger partial charge in [-0.2, -0.15) is 4.31 Å². The molecule has 0 radical (unpaired) electrons. The van der Waals surface area contributed by atoms with Gasteiger partial charge in [0, 0.05) is 25.3 Å². The molecule has 1 amide bonds. The van der Waals surface area contributed by atoms with Gasteiger partial charge in [-0.1, -0.05) is 25.4 Å². The normalized spacial score (nSPS) is 21.2. The highest BCUT2D eigenvalue weighted by Crippen LogP contribution is 2.28. The molecule has 7 nitrogen and oxygen atoms in total. The standard InChI is InChI=1S/C15H22ClN3O4S/c1-3-19(4-2)24(22,23)14-7-10(5-6-12(14)16)18-15(21)13-8-11(20)9-17-13/h5-7,11,13,17,20H,3-4,8-9H2,1-2H3,(H,18,21). The number of anilines is 1. The van der Waals surface area contributed by atoms with Gasteiger partial charge in [0.1, 0.15) is 4.90 Å². The lowest BCUT2D eigenvalue weighted by molar-refractivity contribution is -0.117. The van der Waals surface area contributed by atoms with Gasteiger partial charge in [-0.15, -0.1) is 0 Å². The molecule has 0 bridgehead atoms. The van der Waals surface area contributed by atoms with Crippen molar-refractivity contribution in [1.82, 2.24) is 9.62 Å². The molecule has 3 N–H and O–H groups in total. The highest BCUT2D eigenvalue weighted by molar-refractivity contribution is 7.89. The van der Waals surface area contributed by atoms with E-state index in [1.807, 2.05) is 0 Å². The van der Waals surface area contributed by atoms with Crippen LogP contribution in [0.4, 0.5) is 5.69 Å². The third-order valence-electron chi connectivity index (χ3n) is 3.95. The number of aliphatic hydroxyl groups is 1. The first-order valence-corrected chi connectivity index (χ1v) is 9.63. The van der Waals surface area contributed by atoms with E-state index in [9.17, 15) is 18.3 Å². The Morgan fingerprint density at radius 3 is 2.62 bits per heavy atom. The number of hydrogen-bond acceptors (Lipinski definition) is 5. The Bertz CT molecular complexity index is 707. The van der Waals surface area contributed by atoms with Crippen LogP contribution in [-0.2, 0) is 14.8 Å². The highest BCUT2D eigenvalue weighted by Gasteiger charge is 2.29. The monoisotopic (exact) mass is 375 g/mol. The molecule has 0 spiro atoms. The Morgan fingerprint density at radius 2 is 2.08 bits per heavy atom. The summed E-state index contributed by atoms with van der Waals surface area (Å²) in [7, 11) is -3.72. The average molecular weight is 376 g/mol. The van der Waals surface area contributed by atoms with Crippen molar-refractivity contribution >= 4 is 33.2 Å². The molecule has 1 aromatic rings. The van der Waals surface area contributed by atoms with Gasteiger partial charge in [0.05, 0.1) is 17.2 Å². The summed E-state index contributed by atoms with van der Waals surface area (Å²) in [5.41, 5.74) is 0.346. The van der Waals surface area contributed by atoms with E-state index in [0.29, 0.717) is 31.7 Å². The van der Waals surface area contributed by atoms with E-state index in [0.717, 1.165) is 0 Å². The van der Waals surface area contributed by atoms with Crippen molar-refractivity contribution in [2.45, 2.75) is 37.3 Å². The largest absolute Gasteiger partial charge is 0.392 e. The lowest BCUT2D eigenvalue weighted by atomic mass is 10.2. The number of nitrogens with zero attached hydrogens (tertiary/aromatic N) is 1. The maximum absolute atomic E-state index is 12.6. The Morgan fingerprint density at radius 1 is 1.42 bits per heavy atom. The molecule has 1 fully saturated rings. The van der Waals surface area contributed by atoms with Crippen LogP contribution in [0.25, 0.3) is 0 Å². The van der Waals surface area contributed by atoms with E-state index < -0.39 is 22.2 Å². The smallest absolute Gasteiger partial charge is 0.244 e. The number of β-amino-alcohol motifs (C(OH)–C–C–N with tert-alkyl or cyclic N) is 1. The first-order valence-electron chi connectivity index (χ1n) is 7.81. The molecule has 0 aromatic heterocycles. The van der Waals surface area contributed by atoms with Crippen LogP contribution in [0.3, 0.4) is 0 Å². The average Bonchev–Trinajstić information content (AvgIpc) is 2.96. The quantitative estimate of drug-likeness (QED) is 0.689. The molecular formula is C15H22ClN3O4S. The number of halogens is 1. The van der Waals surface area contributed by atoms with Crippen LogP contribution in [0.15, 0.2) is 23.1 Å². The van der Waals surface area contributed by atoms with Crippen LogP contribution in [0.2, 0.25) is 5.02 Å².